The zero-order valence-corrected chi connectivity index (χ0v) is 14.0. The van der Waals surface area contributed by atoms with E-state index in [4.69, 9.17) is 21.7 Å². The number of methoxy groups -OCH3 is 2. The molecule has 0 bridgehead atoms. The SMILES string of the molecule is CCCCNC(=S)NC(=O)/C=C/c1ccc(OC)c(OC)c1. The van der Waals surface area contributed by atoms with Crippen molar-refractivity contribution in [2.75, 3.05) is 20.8 Å². The summed E-state index contributed by atoms with van der Waals surface area (Å²) in [6, 6.07) is 5.41. The van der Waals surface area contributed by atoms with Crippen molar-refractivity contribution in [2.45, 2.75) is 19.8 Å². The molecule has 1 aromatic carbocycles. The molecule has 1 rings (SSSR count). The number of unbranched alkanes of at least 4 members (excludes halogenated alkanes) is 1. The minimum Gasteiger partial charge on any atom is -0.493 e. The smallest absolute Gasteiger partial charge is 0.250 e. The van der Waals surface area contributed by atoms with Crippen LogP contribution in [0.15, 0.2) is 24.3 Å². The van der Waals surface area contributed by atoms with Crippen LogP contribution in [0, 0.1) is 0 Å². The van der Waals surface area contributed by atoms with Crippen molar-refractivity contribution in [3.8, 4) is 11.5 Å². The van der Waals surface area contributed by atoms with Gasteiger partial charge in [-0.1, -0.05) is 19.4 Å². The van der Waals surface area contributed by atoms with Crippen LogP contribution >= 0.6 is 12.2 Å². The van der Waals surface area contributed by atoms with Gasteiger partial charge in [0.05, 0.1) is 14.2 Å². The summed E-state index contributed by atoms with van der Waals surface area (Å²) in [5.41, 5.74) is 0.831. The molecule has 0 spiro atoms. The van der Waals surface area contributed by atoms with Crippen molar-refractivity contribution in [3.63, 3.8) is 0 Å². The zero-order chi connectivity index (χ0) is 16.4. The summed E-state index contributed by atoms with van der Waals surface area (Å²) >= 11 is 5.03. The van der Waals surface area contributed by atoms with Gasteiger partial charge in [0.15, 0.2) is 16.6 Å². The molecule has 0 saturated carbocycles. The third-order valence-corrected chi connectivity index (χ3v) is 3.13. The number of hydrogen-bond donors (Lipinski definition) is 2. The first-order chi connectivity index (χ1) is 10.6. The number of ether oxygens (including phenoxy) is 2. The van der Waals surface area contributed by atoms with E-state index in [1.54, 1.807) is 32.4 Å². The third-order valence-electron chi connectivity index (χ3n) is 2.89. The first-order valence-electron chi connectivity index (χ1n) is 7.09. The van der Waals surface area contributed by atoms with E-state index in [1.807, 2.05) is 6.07 Å². The number of benzene rings is 1. The van der Waals surface area contributed by atoms with Crippen LogP contribution in [0.25, 0.3) is 6.08 Å². The lowest BCUT2D eigenvalue weighted by atomic mass is 10.2. The summed E-state index contributed by atoms with van der Waals surface area (Å²) in [5, 5.41) is 5.92. The molecule has 0 radical (unpaired) electrons. The van der Waals surface area contributed by atoms with Crippen LogP contribution in [0.3, 0.4) is 0 Å². The van der Waals surface area contributed by atoms with Crippen molar-refractivity contribution in [2.24, 2.45) is 0 Å². The van der Waals surface area contributed by atoms with Gasteiger partial charge in [0.25, 0.3) is 0 Å². The molecule has 1 amide bonds. The zero-order valence-electron chi connectivity index (χ0n) is 13.1. The maximum absolute atomic E-state index is 11.8. The molecule has 0 aromatic heterocycles. The molecule has 0 fully saturated rings. The Balaban J connectivity index is 2.56. The van der Waals surface area contributed by atoms with Gasteiger partial charge in [-0.05, 0) is 42.4 Å². The van der Waals surface area contributed by atoms with Crippen molar-refractivity contribution in [3.05, 3.63) is 29.8 Å². The van der Waals surface area contributed by atoms with Crippen molar-refractivity contribution in [1.82, 2.24) is 10.6 Å². The standard InChI is InChI=1S/C16H22N2O3S/c1-4-5-10-17-16(22)18-15(19)9-7-12-6-8-13(20-2)14(11-12)21-3/h6-9,11H,4-5,10H2,1-3H3,(H2,17,18,19,22)/b9-7+. The number of rotatable bonds is 7. The first kappa shape index (κ1) is 18.0. The number of hydrogen-bond acceptors (Lipinski definition) is 4. The Morgan fingerprint density at radius 1 is 1.27 bits per heavy atom. The normalized spacial score (nSPS) is 10.3. The molecule has 120 valence electrons. The second-order valence-corrected chi connectivity index (χ2v) is 4.95. The van der Waals surface area contributed by atoms with Crippen LogP contribution in [0.2, 0.25) is 0 Å². The largest absolute Gasteiger partial charge is 0.493 e. The molecule has 0 aliphatic carbocycles. The molecule has 0 saturated heterocycles. The lowest BCUT2D eigenvalue weighted by Gasteiger charge is -2.08. The van der Waals surface area contributed by atoms with E-state index in [0.29, 0.717) is 16.6 Å². The molecular formula is C16H22N2O3S. The van der Waals surface area contributed by atoms with Crippen LogP contribution in [-0.2, 0) is 4.79 Å². The molecule has 0 aliphatic heterocycles. The van der Waals surface area contributed by atoms with Gasteiger partial charge in [0, 0.05) is 12.6 Å². The molecule has 5 nitrogen and oxygen atoms in total. The Kier molecular flexibility index (Phi) is 7.99. The fourth-order valence-electron chi connectivity index (χ4n) is 1.70. The average Bonchev–Trinajstić information content (AvgIpc) is 2.52. The van der Waals surface area contributed by atoms with Crippen molar-refractivity contribution >= 4 is 29.3 Å². The molecule has 1 aromatic rings. The lowest BCUT2D eigenvalue weighted by molar-refractivity contribution is -0.115. The van der Waals surface area contributed by atoms with Gasteiger partial charge in [0.1, 0.15) is 0 Å². The second kappa shape index (κ2) is 9.78. The summed E-state index contributed by atoms with van der Waals surface area (Å²) in [6.07, 6.45) is 5.20. The van der Waals surface area contributed by atoms with Gasteiger partial charge in [-0.15, -0.1) is 0 Å². The highest BCUT2D eigenvalue weighted by Crippen LogP contribution is 2.27. The summed E-state index contributed by atoms with van der Waals surface area (Å²) in [5.74, 6) is 0.982. The molecule has 6 heteroatoms. The van der Waals surface area contributed by atoms with Gasteiger partial charge >= 0.3 is 0 Å². The van der Waals surface area contributed by atoms with Gasteiger partial charge < -0.3 is 14.8 Å². The van der Waals surface area contributed by atoms with E-state index in [1.165, 1.54) is 6.08 Å². The van der Waals surface area contributed by atoms with E-state index in [2.05, 4.69) is 17.6 Å². The number of carbonyl (C=O) groups is 1. The first-order valence-corrected chi connectivity index (χ1v) is 7.50. The minimum atomic E-state index is -0.274. The lowest BCUT2D eigenvalue weighted by Crippen LogP contribution is -2.38. The van der Waals surface area contributed by atoms with E-state index >= 15 is 0 Å². The highest BCUT2D eigenvalue weighted by atomic mass is 32.1. The Hall–Kier alpha value is -2.08. The van der Waals surface area contributed by atoms with Gasteiger partial charge in [-0.2, -0.15) is 0 Å². The quantitative estimate of drug-likeness (QED) is 0.459. The van der Waals surface area contributed by atoms with Crippen LogP contribution in [0.4, 0.5) is 0 Å². The van der Waals surface area contributed by atoms with Crippen LogP contribution in [-0.4, -0.2) is 31.8 Å². The summed E-state index contributed by atoms with van der Waals surface area (Å²) in [6.45, 7) is 2.85. The molecule has 0 unspecified atom stereocenters. The monoisotopic (exact) mass is 322 g/mol. The predicted octanol–water partition coefficient (Wildman–Crippen LogP) is 2.51. The molecule has 2 N–H and O–H groups in total. The number of nitrogens with one attached hydrogen (secondary N) is 2. The maximum Gasteiger partial charge on any atom is 0.250 e. The Morgan fingerprint density at radius 2 is 2.00 bits per heavy atom. The minimum absolute atomic E-state index is 0.274. The number of thiocarbonyl (C=S) groups is 1. The number of carbonyl (C=O) groups excluding carboxylic acids is 1. The Morgan fingerprint density at radius 3 is 2.64 bits per heavy atom. The summed E-state index contributed by atoms with van der Waals surface area (Å²) in [4.78, 5) is 11.8. The Labute approximate surface area is 136 Å². The van der Waals surface area contributed by atoms with E-state index < -0.39 is 0 Å². The fraction of sp³-hybridized carbons (Fsp3) is 0.375. The maximum atomic E-state index is 11.8. The molecule has 0 aliphatic rings. The van der Waals surface area contributed by atoms with Crippen LogP contribution in [0.5, 0.6) is 11.5 Å². The highest BCUT2D eigenvalue weighted by molar-refractivity contribution is 7.80. The van der Waals surface area contributed by atoms with E-state index in [9.17, 15) is 4.79 Å². The van der Waals surface area contributed by atoms with Crippen LogP contribution < -0.4 is 20.1 Å². The van der Waals surface area contributed by atoms with Gasteiger partial charge in [-0.3, -0.25) is 10.1 Å². The van der Waals surface area contributed by atoms with Crippen molar-refractivity contribution < 1.29 is 14.3 Å². The molecular weight excluding hydrogens is 300 g/mol. The van der Waals surface area contributed by atoms with Gasteiger partial charge in [-0.25, -0.2) is 0 Å². The number of amides is 1. The third kappa shape index (κ3) is 6.13. The second-order valence-electron chi connectivity index (χ2n) is 4.55. The van der Waals surface area contributed by atoms with Crippen molar-refractivity contribution in [1.29, 1.82) is 0 Å². The predicted molar refractivity (Wildman–Crippen MR) is 92.2 cm³/mol. The fourth-order valence-corrected chi connectivity index (χ4v) is 1.91. The average molecular weight is 322 g/mol. The van der Waals surface area contributed by atoms with Crippen LogP contribution in [0.1, 0.15) is 25.3 Å². The summed E-state index contributed by atoms with van der Waals surface area (Å²) in [7, 11) is 3.14. The summed E-state index contributed by atoms with van der Waals surface area (Å²) < 4.78 is 10.4. The van der Waals surface area contributed by atoms with E-state index in [-0.39, 0.29) is 5.91 Å². The molecule has 22 heavy (non-hydrogen) atoms. The topological polar surface area (TPSA) is 59.6 Å². The van der Waals surface area contributed by atoms with Gasteiger partial charge in [0.2, 0.25) is 5.91 Å². The molecule has 0 heterocycles. The Bertz CT molecular complexity index is 544. The molecule has 0 atom stereocenters. The highest BCUT2D eigenvalue weighted by Gasteiger charge is 2.04. The van der Waals surface area contributed by atoms with E-state index in [0.717, 1.165) is 24.9 Å².